The van der Waals surface area contributed by atoms with Gasteiger partial charge in [0.05, 0.1) is 19.0 Å². The van der Waals surface area contributed by atoms with Crippen LogP contribution in [0.1, 0.15) is 5.56 Å². The van der Waals surface area contributed by atoms with Crippen LogP contribution in [-0.2, 0) is 4.79 Å². The lowest BCUT2D eigenvalue weighted by molar-refractivity contribution is -0.112. The summed E-state index contributed by atoms with van der Waals surface area (Å²) >= 11 is 0. The Kier molecular flexibility index (Phi) is 5.35. The number of methoxy groups -OCH3 is 1. The fourth-order valence-electron chi connectivity index (χ4n) is 3.02. The summed E-state index contributed by atoms with van der Waals surface area (Å²) in [5, 5.41) is 19.2. The maximum Gasteiger partial charge on any atom is 0.266 e. The van der Waals surface area contributed by atoms with Gasteiger partial charge in [0.1, 0.15) is 30.6 Å². The van der Waals surface area contributed by atoms with Crippen LogP contribution in [0.4, 0.5) is 5.69 Å². The third kappa shape index (κ3) is 3.95. The van der Waals surface area contributed by atoms with Crippen molar-refractivity contribution < 1.29 is 19.0 Å². The van der Waals surface area contributed by atoms with Gasteiger partial charge in [0, 0.05) is 22.9 Å². The molecule has 150 valence electrons. The number of nitrogens with one attached hydrogen (secondary N) is 2. The van der Waals surface area contributed by atoms with Gasteiger partial charge >= 0.3 is 0 Å². The molecule has 2 heterocycles. The first kappa shape index (κ1) is 19.1. The summed E-state index contributed by atoms with van der Waals surface area (Å²) in [6, 6.07) is 14.4. The number of H-pyrrole nitrogens is 1. The lowest BCUT2D eigenvalue weighted by Crippen LogP contribution is -2.17. The van der Waals surface area contributed by atoms with Crippen LogP contribution in [0.5, 0.6) is 17.2 Å². The smallest absolute Gasteiger partial charge is 0.266 e. The summed E-state index contributed by atoms with van der Waals surface area (Å²) < 4.78 is 16.2. The highest BCUT2D eigenvalue weighted by atomic mass is 16.6. The van der Waals surface area contributed by atoms with Crippen LogP contribution in [0.25, 0.3) is 17.3 Å². The van der Waals surface area contributed by atoms with E-state index in [0.29, 0.717) is 41.7 Å². The van der Waals surface area contributed by atoms with Crippen LogP contribution < -0.4 is 19.5 Å². The molecule has 0 saturated heterocycles. The van der Waals surface area contributed by atoms with Crippen LogP contribution in [0.15, 0.2) is 54.2 Å². The SMILES string of the molecule is COc1ccc(-c2[nH]ncc2C=C(C#N)C(=O)Nc2ccc3c(c2)OCCO3)cc1. The number of benzene rings is 2. The van der Waals surface area contributed by atoms with E-state index in [1.165, 1.54) is 6.08 Å². The minimum Gasteiger partial charge on any atom is -0.497 e. The molecule has 0 unspecified atom stereocenters. The molecule has 1 aliphatic heterocycles. The van der Waals surface area contributed by atoms with Crippen molar-refractivity contribution >= 4 is 17.7 Å². The van der Waals surface area contributed by atoms with Gasteiger partial charge in [0.25, 0.3) is 5.91 Å². The van der Waals surface area contributed by atoms with E-state index in [2.05, 4.69) is 15.5 Å². The van der Waals surface area contributed by atoms with Gasteiger partial charge in [-0.05, 0) is 42.5 Å². The predicted octanol–water partition coefficient (Wildman–Crippen LogP) is 3.40. The van der Waals surface area contributed by atoms with Crippen LogP contribution >= 0.6 is 0 Å². The Morgan fingerprint density at radius 3 is 2.70 bits per heavy atom. The Morgan fingerprint density at radius 1 is 1.20 bits per heavy atom. The molecule has 2 N–H and O–H groups in total. The van der Waals surface area contributed by atoms with Crippen molar-refractivity contribution in [2.75, 3.05) is 25.6 Å². The zero-order valence-corrected chi connectivity index (χ0v) is 16.1. The highest BCUT2D eigenvalue weighted by molar-refractivity contribution is 6.10. The zero-order chi connectivity index (χ0) is 20.9. The van der Waals surface area contributed by atoms with E-state index in [0.717, 1.165) is 11.3 Å². The molecular weight excluding hydrogens is 384 g/mol. The predicted molar refractivity (Wildman–Crippen MR) is 110 cm³/mol. The van der Waals surface area contributed by atoms with Gasteiger partial charge in [-0.2, -0.15) is 10.4 Å². The van der Waals surface area contributed by atoms with Crippen molar-refractivity contribution in [3.8, 4) is 34.6 Å². The number of carbonyl (C=O) groups is 1. The number of anilines is 1. The van der Waals surface area contributed by atoms with Gasteiger partial charge in [-0.3, -0.25) is 9.89 Å². The zero-order valence-electron chi connectivity index (χ0n) is 16.1. The topological polar surface area (TPSA) is 109 Å². The Morgan fingerprint density at radius 2 is 1.97 bits per heavy atom. The molecule has 0 bridgehead atoms. The fourth-order valence-corrected chi connectivity index (χ4v) is 3.02. The number of nitriles is 1. The van der Waals surface area contributed by atoms with Gasteiger partial charge in [-0.25, -0.2) is 0 Å². The molecule has 0 aliphatic carbocycles. The Bertz CT molecular complexity index is 1140. The van der Waals surface area contributed by atoms with E-state index >= 15 is 0 Å². The minimum atomic E-state index is -0.531. The monoisotopic (exact) mass is 402 g/mol. The number of carbonyl (C=O) groups excluding carboxylic acids is 1. The molecule has 2 aromatic carbocycles. The van der Waals surface area contributed by atoms with Crippen molar-refractivity contribution in [2.24, 2.45) is 0 Å². The van der Waals surface area contributed by atoms with E-state index in [9.17, 15) is 10.1 Å². The van der Waals surface area contributed by atoms with E-state index < -0.39 is 5.91 Å². The average molecular weight is 402 g/mol. The molecule has 1 aliphatic rings. The van der Waals surface area contributed by atoms with Gasteiger partial charge in [0.2, 0.25) is 0 Å². The first-order valence-electron chi connectivity index (χ1n) is 9.18. The third-order valence-corrected chi connectivity index (χ3v) is 4.51. The molecule has 4 rings (SSSR count). The maximum absolute atomic E-state index is 12.6. The van der Waals surface area contributed by atoms with Crippen molar-refractivity contribution in [2.45, 2.75) is 0 Å². The molecule has 0 spiro atoms. The number of aromatic amines is 1. The van der Waals surface area contributed by atoms with Gasteiger partial charge < -0.3 is 19.5 Å². The molecule has 8 heteroatoms. The van der Waals surface area contributed by atoms with Crippen molar-refractivity contribution in [3.05, 3.63) is 59.8 Å². The summed E-state index contributed by atoms with van der Waals surface area (Å²) in [4.78, 5) is 12.6. The van der Waals surface area contributed by atoms with Gasteiger partial charge in [0.15, 0.2) is 11.5 Å². The van der Waals surface area contributed by atoms with E-state index in [4.69, 9.17) is 14.2 Å². The van der Waals surface area contributed by atoms with E-state index in [-0.39, 0.29) is 5.57 Å². The molecule has 0 saturated carbocycles. The highest BCUT2D eigenvalue weighted by Gasteiger charge is 2.16. The van der Waals surface area contributed by atoms with Gasteiger partial charge in [-0.15, -0.1) is 0 Å². The molecule has 3 aromatic rings. The number of hydrogen-bond acceptors (Lipinski definition) is 6. The van der Waals surface area contributed by atoms with Crippen LogP contribution in [-0.4, -0.2) is 36.4 Å². The molecular formula is C22H18N4O4. The number of hydrogen-bond donors (Lipinski definition) is 2. The Hall–Kier alpha value is -4.25. The first-order valence-corrected chi connectivity index (χ1v) is 9.18. The standard InChI is InChI=1S/C22H18N4O4/c1-28-18-5-2-14(3-6-18)21-16(13-24-26-21)10-15(12-23)22(27)25-17-4-7-19-20(11-17)30-9-8-29-19/h2-7,10-11,13H,8-9H2,1H3,(H,24,26)(H,25,27). The number of amides is 1. The second-order valence-electron chi connectivity index (χ2n) is 6.41. The minimum absolute atomic E-state index is 0.0546. The first-order chi connectivity index (χ1) is 14.7. The number of rotatable bonds is 5. The number of ether oxygens (including phenoxy) is 3. The summed E-state index contributed by atoms with van der Waals surface area (Å²) in [5.41, 5.74) is 2.62. The van der Waals surface area contributed by atoms with E-state index in [1.807, 2.05) is 30.3 Å². The highest BCUT2D eigenvalue weighted by Crippen LogP contribution is 2.33. The molecule has 1 aromatic heterocycles. The normalized spacial score (nSPS) is 12.7. The van der Waals surface area contributed by atoms with Crippen LogP contribution in [0.2, 0.25) is 0 Å². The number of nitrogens with zero attached hydrogens (tertiary/aromatic N) is 2. The Balaban J connectivity index is 1.56. The lowest BCUT2D eigenvalue weighted by Gasteiger charge is -2.18. The summed E-state index contributed by atoms with van der Waals surface area (Å²) in [6.45, 7) is 0.934. The molecule has 0 fully saturated rings. The maximum atomic E-state index is 12.6. The fraction of sp³-hybridized carbons (Fsp3) is 0.136. The van der Waals surface area contributed by atoms with Crippen LogP contribution in [0.3, 0.4) is 0 Å². The molecule has 0 radical (unpaired) electrons. The third-order valence-electron chi connectivity index (χ3n) is 4.51. The van der Waals surface area contributed by atoms with E-state index in [1.54, 1.807) is 31.5 Å². The van der Waals surface area contributed by atoms with Gasteiger partial charge in [-0.1, -0.05) is 0 Å². The second kappa shape index (κ2) is 8.41. The quantitative estimate of drug-likeness (QED) is 0.500. The average Bonchev–Trinajstić information content (AvgIpc) is 3.25. The summed E-state index contributed by atoms with van der Waals surface area (Å²) in [5.74, 6) is 1.37. The summed E-state index contributed by atoms with van der Waals surface area (Å²) in [6.07, 6.45) is 3.06. The lowest BCUT2D eigenvalue weighted by atomic mass is 10.1. The number of aromatic nitrogens is 2. The Labute approximate surface area is 172 Å². The van der Waals surface area contributed by atoms with Crippen LogP contribution in [0, 0.1) is 11.3 Å². The molecule has 1 amide bonds. The largest absolute Gasteiger partial charge is 0.497 e. The summed E-state index contributed by atoms with van der Waals surface area (Å²) in [7, 11) is 1.60. The molecule has 0 atom stereocenters. The van der Waals surface area contributed by atoms with Crippen molar-refractivity contribution in [1.82, 2.24) is 10.2 Å². The van der Waals surface area contributed by atoms with Crippen molar-refractivity contribution in [1.29, 1.82) is 5.26 Å². The molecule has 30 heavy (non-hydrogen) atoms. The molecule has 8 nitrogen and oxygen atoms in total. The second-order valence-corrected chi connectivity index (χ2v) is 6.41. The number of fused-ring (bicyclic) bond motifs is 1. The van der Waals surface area contributed by atoms with Crippen molar-refractivity contribution in [3.63, 3.8) is 0 Å².